The fourth-order valence-corrected chi connectivity index (χ4v) is 3.88. The largest absolute Gasteiger partial charge is 0.480 e. The number of benzene rings is 2. The van der Waals surface area contributed by atoms with E-state index in [-0.39, 0.29) is 18.6 Å². The number of likely N-dealkylation sites (N-methyl/N-ethyl adjacent to an activating group) is 1. The highest BCUT2D eigenvalue weighted by Gasteiger charge is 2.23. The van der Waals surface area contributed by atoms with Gasteiger partial charge >= 0.3 is 12.0 Å². The number of aliphatic carboxylic acids is 1. The first kappa shape index (κ1) is 20.1. The molecule has 1 unspecified atom stereocenters. The van der Waals surface area contributed by atoms with E-state index in [0.717, 1.165) is 32.2 Å². The van der Waals surface area contributed by atoms with Gasteiger partial charge in [-0.25, -0.2) is 4.79 Å². The average Bonchev–Trinajstić information content (AvgIpc) is 2.94. The molecular formula is C22H29N3O3. The number of rotatable bonds is 6. The quantitative estimate of drug-likeness (QED) is 0.804. The molecule has 0 spiro atoms. The Morgan fingerprint density at radius 3 is 2.71 bits per heavy atom. The number of nitrogens with one attached hydrogen (secondary N) is 1. The highest BCUT2D eigenvalue weighted by Crippen LogP contribution is 2.17. The third kappa shape index (κ3) is 5.45. The maximum absolute atomic E-state index is 12.5. The molecule has 1 atom stereocenters. The zero-order valence-electron chi connectivity index (χ0n) is 16.4. The minimum Gasteiger partial charge on any atom is -0.480 e. The standard InChI is InChI=1S/C22H29N3O3/c1-24(16-21(26)27)20-7-4-13-25(14-11-20)22(28)23-12-10-17-8-9-18-5-2-3-6-19(18)15-17/h2-3,5-6,8-9,15,20H,4,7,10-14,16H2,1H3,(H,23,28)(H,26,27). The summed E-state index contributed by atoms with van der Waals surface area (Å²) < 4.78 is 0. The predicted molar refractivity (Wildman–Crippen MR) is 111 cm³/mol. The minimum absolute atomic E-state index is 0.0256. The molecule has 6 nitrogen and oxygen atoms in total. The van der Waals surface area contributed by atoms with Crippen molar-refractivity contribution in [3.05, 3.63) is 48.0 Å². The zero-order chi connectivity index (χ0) is 19.9. The Morgan fingerprint density at radius 2 is 1.93 bits per heavy atom. The summed E-state index contributed by atoms with van der Waals surface area (Å²) in [6.45, 7) is 2.04. The summed E-state index contributed by atoms with van der Waals surface area (Å²) in [5.41, 5.74) is 1.21. The van der Waals surface area contributed by atoms with E-state index in [0.29, 0.717) is 13.1 Å². The Bertz CT molecular complexity index is 824. The molecule has 0 aromatic heterocycles. The lowest BCUT2D eigenvalue weighted by molar-refractivity contribution is -0.138. The molecule has 1 aliphatic heterocycles. The van der Waals surface area contributed by atoms with Gasteiger partial charge < -0.3 is 15.3 Å². The Hall–Kier alpha value is -2.60. The number of carboxylic acid groups (broad SMARTS) is 1. The van der Waals surface area contributed by atoms with E-state index in [4.69, 9.17) is 5.11 Å². The predicted octanol–water partition coefficient (Wildman–Crippen LogP) is 2.96. The van der Waals surface area contributed by atoms with Crippen LogP contribution in [-0.4, -0.2) is 66.2 Å². The molecule has 2 amide bonds. The van der Waals surface area contributed by atoms with E-state index in [9.17, 15) is 9.59 Å². The van der Waals surface area contributed by atoms with E-state index >= 15 is 0 Å². The highest BCUT2D eigenvalue weighted by atomic mass is 16.4. The molecule has 0 saturated carbocycles. The SMILES string of the molecule is CN(CC(=O)O)C1CCCN(C(=O)NCCc2ccc3ccccc3c2)CC1. The molecule has 1 aliphatic rings. The van der Waals surface area contributed by atoms with Crippen molar-refractivity contribution in [1.29, 1.82) is 0 Å². The Balaban J connectivity index is 1.46. The molecule has 2 aromatic carbocycles. The lowest BCUT2D eigenvalue weighted by Crippen LogP contribution is -2.42. The van der Waals surface area contributed by atoms with Crippen LogP contribution >= 0.6 is 0 Å². The Labute approximate surface area is 166 Å². The number of urea groups is 1. The number of nitrogens with zero attached hydrogens (tertiary/aromatic N) is 2. The number of hydrogen-bond donors (Lipinski definition) is 2. The molecule has 3 rings (SSSR count). The summed E-state index contributed by atoms with van der Waals surface area (Å²) in [5, 5.41) is 14.4. The summed E-state index contributed by atoms with van der Waals surface area (Å²) in [6, 6.07) is 14.9. The molecule has 2 N–H and O–H groups in total. The second-order valence-corrected chi connectivity index (χ2v) is 7.54. The number of carbonyl (C=O) groups is 2. The van der Waals surface area contributed by atoms with Crippen LogP contribution < -0.4 is 5.32 Å². The monoisotopic (exact) mass is 383 g/mol. The van der Waals surface area contributed by atoms with Crippen molar-refractivity contribution in [3.8, 4) is 0 Å². The van der Waals surface area contributed by atoms with Gasteiger partial charge in [-0.2, -0.15) is 0 Å². The van der Waals surface area contributed by atoms with Gasteiger partial charge in [-0.05, 0) is 49.1 Å². The average molecular weight is 383 g/mol. The first-order chi connectivity index (χ1) is 13.5. The summed E-state index contributed by atoms with van der Waals surface area (Å²) in [6.07, 6.45) is 3.42. The lowest BCUT2D eigenvalue weighted by atomic mass is 10.1. The van der Waals surface area contributed by atoms with Gasteiger partial charge in [0.25, 0.3) is 0 Å². The van der Waals surface area contributed by atoms with Gasteiger partial charge in [0, 0.05) is 25.7 Å². The molecule has 1 heterocycles. The van der Waals surface area contributed by atoms with Gasteiger partial charge in [-0.15, -0.1) is 0 Å². The number of carbonyl (C=O) groups excluding carboxylic acids is 1. The fraction of sp³-hybridized carbons (Fsp3) is 0.455. The van der Waals surface area contributed by atoms with Gasteiger partial charge in [0.05, 0.1) is 6.54 Å². The molecule has 1 fully saturated rings. The van der Waals surface area contributed by atoms with Crippen LogP contribution in [0, 0.1) is 0 Å². The van der Waals surface area contributed by atoms with Crippen molar-refractivity contribution >= 4 is 22.8 Å². The molecule has 0 aliphatic carbocycles. The smallest absolute Gasteiger partial charge is 0.317 e. The molecule has 1 saturated heterocycles. The number of likely N-dealkylation sites (tertiary alicyclic amines) is 1. The third-order valence-electron chi connectivity index (χ3n) is 5.50. The Morgan fingerprint density at radius 1 is 1.14 bits per heavy atom. The van der Waals surface area contributed by atoms with Crippen LogP contribution in [0.1, 0.15) is 24.8 Å². The van der Waals surface area contributed by atoms with Gasteiger partial charge in [0.1, 0.15) is 0 Å². The minimum atomic E-state index is -0.810. The molecule has 28 heavy (non-hydrogen) atoms. The molecule has 150 valence electrons. The highest BCUT2D eigenvalue weighted by molar-refractivity contribution is 5.83. The molecule has 0 bridgehead atoms. The van der Waals surface area contributed by atoms with Crippen LogP contribution in [0.4, 0.5) is 4.79 Å². The van der Waals surface area contributed by atoms with Crippen molar-refractivity contribution in [2.45, 2.75) is 31.7 Å². The van der Waals surface area contributed by atoms with Crippen molar-refractivity contribution in [2.24, 2.45) is 0 Å². The van der Waals surface area contributed by atoms with E-state index in [1.165, 1.54) is 16.3 Å². The molecule has 0 radical (unpaired) electrons. The van der Waals surface area contributed by atoms with Crippen LogP contribution in [-0.2, 0) is 11.2 Å². The van der Waals surface area contributed by atoms with Crippen LogP contribution in [0.3, 0.4) is 0 Å². The van der Waals surface area contributed by atoms with Crippen LogP contribution in [0.5, 0.6) is 0 Å². The second-order valence-electron chi connectivity index (χ2n) is 7.54. The number of amides is 2. The van der Waals surface area contributed by atoms with Crippen molar-refractivity contribution in [3.63, 3.8) is 0 Å². The van der Waals surface area contributed by atoms with Crippen LogP contribution in [0.2, 0.25) is 0 Å². The Kier molecular flexibility index (Phi) is 6.87. The van der Waals surface area contributed by atoms with Gasteiger partial charge in [0.15, 0.2) is 0 Å². The normalized spacial score (nSPS) is 17.5. The fourth-order valence-electron chi connectivity index (χ4n) is 3.88. The molecule has 2 aromatic rings. The summed E-state index contributed by atoms with van der Waals surface area (Å²) >= 11 is 0. The third-order valence-corrected chi connectivity index (χ3v) is 5.50. The van der Waals surface area contributed by atoms with Crippen LogP contribution in [0.25, 0.3) is 10.8 Å². The van der Waals surface area contributed by atoms with Gasteiger partial charge in [-0.3, -0.25) is 9.69 Å². The van der Waals surface area contributed by atoms with Crippen molar-refractivity contribution in [2.75, 3.05) is 33.2 Å². The van der Waals surface area contributed by atoms with Crippen molar-refractivity contribution < 1.29 is 14.7 Å². The maximum atomic E-state index is 12.5. The summed E-state index contributed by atoms with van der Waals surface area (Å²) in [4.78, 5) is 27.2. The topological polar surface area (TPSA) is 72.9 Å². The van der Waals surface area contributed by atoms with Gasteiger partial charge in [0.2, 0.25) is 0 Å². The van der Waals surface area contributed by atoms with Crippen molar-refractivity contribution in [1.82, 2.24) is 15.1 Å². The first-order valence-corrected chi connectivity index (χ1v) is 9.95. The second kappa shape index (κ2) is 9.55. The number of carboxylic acids is 1. The maximum Gasteiger partial charge on any atom is 0.317 e. The molecule has 6 heteroatoms. The van der Waals surface area contributed by atoms with E-state index in [1.807, 2.05) is 29.0 Å². The molecular weight excluding hydrogens is 354 g/mol. The number of fused-ring (bicyclic) bond motifs is 1. The van der Waals surface area contributed by atoms with E-state index < -0.39 is 5.97 Å². The van der Waals surface area contributed by atoms with E-state index in [2.05, 4.69) is 35.6 Å². The summed E-state index contributed by atoms with van der Waals surface area (Å²) in [7, 11) is 1.85. The van der Waals surface area contributed by atoms with Crippen LogP contribution in [0.15, 0.2) is 42.5 Å². The summed E-state index contributed by atoms with van der Waals surface area (Å²) in [5.74, 6) is -0.810. The van der Waals surface area contributed by atoms with Gasteiger partial charge in [-0.1, -0.05) is 42.5 Å². The van der Waals surface area contributed by atoms with E-state index in [1.54, 1.807) is 0 Å². The zero-order valence-corrected chi connectivity index (χ0v) is 16.4. The number of hydrogen-bond acceptors (Lipinski definition) is 3. The first-order valence-electron chi connectivity index (χ1n) is 9.95. The lowest BCUT2D eigenvalue weighted by Gasteiger charge is -2.25.